The maximum atomic E-state index is 14.6. The number of aliphatic imine (C=N–C) groups is 1. The van der Waals surface area contributed by atoms with Gasteiger partial charge in [0.15, 0.2) is 17.4 Å². The third kappa shape index (κ3) is 3.67. The molecule has 2 N–H and O–H groups in total. The number of nitrogens with one attached hydrogen (secondary N) is 2. The average Bonchev–Trinajstić information content (AvgIpc) is 3.02. The third-order valence-electron chi connectivity index (χ3n) is 4.60. The van der Waals surface area contributed by atoms with Gasteiger partial charge in [-0.2, -0.15) is 0 Å². The number of aromatic amines is 1. The Kier molecular flexibility index (Phi) is 4.71. The van der Waals surface area contributed by atoms with Crippen LogP contribution in [0.2, 0.25) is 5.02 Å². The lowest BCUT2D eigenvalue weighted by molar-refractivity contribution is 0.360. The molecule has 0 fully saturated rings. The van der Waals surface area contributed by atoms with E-state index in [1.807, 2.05) is 0 Å². The minimum Gasteiger partial charge on any atom is -0.450 e. The molecule has 0 amide bonds. The average molecular weight is 405 g/mol. The highest BCUT2D eigenvalue weighted by molar-refractivity contribution is 6.36. The molecule has 2 aromatic heterocycles. The van der Waals surface area contributed by atoms with Crippen molar-refractivity contribution in [3.63, 3.8) is 0 Å². The van der Waals surface area contributed by atoms with Crippen LogP contribution in [0.5, 0.6) is 11.5 Å². The molecule has 0 aliphatic carbocycles. The second kappa shape index (κ2) is 7.05. The van der Waals surface area contributed by atoms with E-state index in [4.69, 9.17) is 16.3 Å². The van der Waals surface area contributed by atoms with Gasteiger partial charge in [-0.25, -0.2) is 13.8 Å². The van der Waals surface area contributed by atoms with Gasteiger partial charge < -0.3 is 15.0 Å². The third-order valence-corrected chi connectivity index (χ3v) is 4.90. The number of halogens is 3. The molecule has 1 aliphatic rings. The van der Waals surface area contributed by atoms with Crippen LogP contribution in [-0.4, -0.2) is 28.9 Å². The number of H-pyrrole nitrogens is 1. The number of hydrogen-bond acceptors (Lipinski definition) is 4. The Bertz CT molecular complexity index is 1050. The van der Waals surface area contributed by atoms with Crippen LogP contribution >= 0.6 is 11.6 Å². The number of pyridine rings is 1. The second-order valence-corrected chi connectivity index (χ2v) is 8.02. The summed E-state index contributed by atoms with van der Waals surface area (Å²) in [5.41, 5.74) is 1.03. The SMILES string of the molecule is CC1(C)CN=C(Cc2cc(F)c(Oc3ccnc4[nH]cc(Cl)c34)c(F)c2)NC1. The van der Waals surface area contributed by atoms with Crippen LogP contribution < -0.4 is 10.1 Å². The monoisotopic (exact) mass is 404 g/mol. The van der Waals surface area contributed by atoms with Gasteiger partial charge in [-0.15, -0.1) is 0 Å². The van der Waals surface area contributed by atoms with Gasteiger partial charge in [0.1, 0.15) is 17.2 Å². The molecule has 0 spiro atoms. The number of rotatable bonds is 4. The summed E-state index contributed by atoms with van der Waals surface area (Å²) in [5.74, 6) is -1.11. The van der Waals surface area contributed by atoms with Gasteiger partial charge in [0.05, 0.1) is 10.4 Å². The molecule has 0 saturated carbocycles. The van der Waals surface area contributed by atoms with E-state index in [0.717, 1.165) is 12.4 Å². The van der Waals surface area contributed by atoms with Gasteiger partial charge in [0, 0.05) is 37.3 Å². The van der Waals surface area contributed by atoms with Crippen molar-refractivity contribution in [1.29, 1.82) is 0 Å². The minimum atomic E-state index is -0.789. The van der Waals surface area contributed by atoms with E-state index in [0.29, 0.717) is 34.6 Å². The van der Waals surface area contributed by atoms with E-state index in [1.54, 1.807) is 6.20 Å². The molecule has 1 aromatic carbocycles. The summed E-state index contributed by atoms with van der Waals surface area (Å²) in [4.78, 5) is 11.5. The lowest BCUT2D eigenvalue weighted by Crippen LogP contribution is -2.41. The molecular formula is C20H19ClF2N4O. The normalized spacial score (nSPS) is 16.0. The van der Waals surface area contributed by atoms with Gasteiger partial charge in [-0.1, -0.05) is 25.4 Å². The quantitative estimate of drug-likeness (QED) is 0.653. The number of aromatic nitrogens is 2. The zero-order valence-corrected chi connectivity index (χ0v) is 16.2. The Labute approximate surface area is 165 Å². The summed E-state index contributed by atoms with van der Waals surface area (Å²) in [5, 5.41) is 4.05. The molecule has 5 nitrogen and oxygen atoms in total. The Morgan fingerprint density at radius 3 is 2.68 bits per heavy atom. The van der Waals surface area contributed by atoms with Gasteiger partial charge in [0.2, 0.25) is 0 Å². The second-order valence-electron chi connectivity index (χ2n) is 7.62. The van der Waals surface area contributed by atoms with Crippen molar-refractivity contribution in [1.82, 2.24) is 15.3 Å². The van der Waals surface area contributed by atoms with E-state index in [2.05, 4.69) is 34.1 Å². The van der Waals surface area contributed by atoms with Gasteiger partial charge in [0.25, 0.3) is 0 Å². The molecule has 0 bridgehead atoms. The number of benzene rings is 1. The highest BCUT2D eigenvalue weighted by atomic mass is 35.5. The smallest absolute Gasteiger partial charge is 0.198 e. The van der Waals surface area contributed by atoms with Gasteiger partial charge >= 0.3 is 0 Å². The summed E-state index contributed by atoms with van der Waals surface area (Å²) in [6.45, 7) is 5.67. The van der Waals surface area contributed by atoms with Crippen LogP contribution in [0.25, 0.3) is 11.0 Å². The molecule has 3 heterocycles. The van der Waals surface area contributed by atoms with Gasteiger partial charge in [-0.05, 0) is 23.8 Å². The molecule has 8 heteroatoms. The fourth-order valence-electron chi connectivity index (χ4n) is 3.07. The Morgan fingerprint density at radius 2 is 2.00 bits per heavy atom. The van der Waals surface area contributed by atoms with Crippen molar-refractivity contribution >= 4 is 28.5 Å². The highest BCUT2D eigenvalue weighted by Gasteiger charge is 2.23. The number of fused-ring (bicyclic) bond motifs is 1. The predicted octanol–water partition coefficient (Wildman–Crippen LogP) is 4.86. The van der Waals surface area contributed by atoms with Crippen LogP contribution in [0.4, 0.5) is 8.78 Å². The first-order valence-corrected chi connectivity index (χ1v) is 9.25. The number of hydrogen-bond donors (Lipinski definition) is 2. The molecule has 0 radical (unpaired) electrons. The first kappa shape index (κ1) is 18.7. The maximum Gasteiger partial charge on any atom is 0.198 e. The van der Waals surface area contributed by atoms with E-state index < -0.39 is 17.4 Å². The first-order valence-electron chi connectivity index (χ1n) is 8.87. The zero-order valence-electron chi connectivity index (χ0n) is 15.4. The summed E-state index contributed by atoms with van der Waals surface area (Å²) < 4.78 is 34.8. The molecule has 0 unspecified atom stereocenters. The Hall–Kier alpha value is -2.67. The molecular weight excluding hydrogens is 386 g/mol. The van der Waals surface area contributed by atoms with Crippen molar-refractivity contribution in [2.45, 2.75) is 20.3 Å². The van der Waals surface area contributed by atoms with Crippen molar-refractivity contribution < 1.29 is 13.5 Å². The number of nitrogens with zero attached hydrogens (tertiary/aromatic N) is 2. The van der Waals surface area contributed by atoms with Crippen LogP contribution in [0.3, 0.4) is 0 Å². The Balaban J connectivity index is 1.60. The van der Waals surface area contributed by atoms with Crippen molar-refractivity contribution in [3.05, 3.63) is 52.8 Å². The van der Waals surface area contributed by atoms with E-state index in [-0.39, 0.29) is 11.2 Å². The van der Waals surface area contributed by atoms with Crippen molar-refractivity contribution in [3.8, 4) is 11.5 Å². The Morgan fingerprint density at radius 1 is 1.25 bits per heavy atom. The standard InChI is InChI=1S/C20H19ClF2N4O/c1-20(2)9-26-16(27-10-20)7-11-5-13(22)18(14(23)6-11)28-15-3-4-24-19-17(15)12(21)8-25-19/h3-6,8H,7,9-10H2,1-2H3,(H,24,25)(H,26,27). The van der Waals surface area contributed by atoms with Gasteiger partial charge in [-0.3, -0.25) is 4.99 Å². The lowest BCUT2D eigenvalue weighted by Gasteiger charge is -2.29. The molecule has 0 saturated heterocycles. The zero-order chi connectivity index (χ0) is 19.9. The van der Waals surface area contributed by atoms with Crippen LogP contribution in [-0.2, 0) is 6.42 Å². The topological polar surface area (TPSA) is 62.3 Å². The van der Waals surface area contributed by atoms with E-state index >= 15 is 0 Å². The van der Waals surface area contributed by atoms with Crippen LogP contribution in [0.15, 0.2) is 35.6 Å². The molecule has 0 atom stereocenters. The summed E-state index contributed by atoms with van der Waals surface area (Å²) in [6.07, 6.45) is 3.34. The highest BCUT2D eigenvalue weighted by Crippen LogP contribution is 2.36. The lowest BCUT2D eigenvalue weighted by atomic mass is 9.92. The summed E-state index contributed by atoms with van der Waals surface area (Å²) >= 11 is 6.12. The molecule has 4 rings (SSSR count). The fourth-order valence-corrected chi connectivity index (χ4v) is 3.31. The molecule has 1 aliphatic heterocycles. The summed E-state index contributed by atoms with van der Waals surface area (Å²) in [7, 11) is 0. The van der Waals surface area contributed by atoms with Crippen LogP contribution in [0.1, 0.15) is 19.4 Å². The van der Waals surface area contributed by atoms with Crippen molar-refractivity contribution in [2.24, 2.45) is 10.4 Å². The van der Waals surface area contributed by atoms with E-state index in [9.17, 15) is 8.78 Å². The fraction of sp³-hybridized carbons (Fsp3) is 0.300. The molecule has 3 aromatic rings. The maximum absolute atomic E-state index is 14.6. The largest absolute Gasteiger partial charge is 0.450 e. The van der Waals surface area contributed by atoms with E-state index in [1.165, 1.54) is 24.4 Å². The molecule has 28 heavy (non-hydrogen) atoms. The predicted molar refractivity (Wildman–Crippen MR) is 105 cm³/mol. The first-order chi connectivity index (χ1) is 13.3. The van der Waals surface area contributed by atoms with Crippen molar-refractivity contribution in [2.75, 3.05) is 13.1 Å². The summed E-state index contributed by atoms with van der Waals surface area (Å²) in [6, 6.07) is 4.04. The molecule has 146 valence electrons. The van der Waals surface area contributed by atoms with Crippen LogP contribution in [0, 0.1) is 17.0 Å². The minimum absolute atomic E-state index is 0.0765. The number of ether oxygens (including phenoxy) is 1. The number of amidine groups is 1.